The Labute approximate surface area is 118 Å². The van der Waals surface area contributed by atoms with E-state index in [0.29, 0.717) is 0 Å². The van der Waals surface area contributed by atoms with Crippen LogP contribution in [0.15, 0.2) is 36.4 Å². The molecule has 0 radical (unpaired) electrons. The van der Waals surface area contributed by atoms with Gasteiger partial charge in [0.05, 0.1) is 7.11 Å². The minimum atomic E-state index is -0.337. The minimum Gasteiger partial charge on any atom is -0.494 e. The summed E-state index contributed by atoms with van der Waals surface area (Å²) in [7, 11) is 1.47. The molecule has 0 aromatic heterocycles. The fraction of sp³-hybridized carbons (Fsp3) is 0.294. The smallest absolute Gasteiger partial charge is 0.165 e. The third kappa shape index (κ3) is 2.62. The second kappa shape index (κ2) is 5.53. The van der Waals surface area contributed by atoms with Crippen molar-refractivity contribution < 1.29 is 9.13 Å². The zero-order chi connectivity index (χ0) is 13.9. The summed E-state index contributed by atoms with van der Waals surface area (Å²) in [6.07, 6.45) is 3.66. The number of hydrogen-bond acceptors (Lipinski definition) is 2. The Morgan fingerprint density at radius 2 is 1.95 bits per heavy atom. The van der Waals surface area contributed by atoms with Crippen LogP contribution < -0.4 is 10.1 Å². The Kier molecular flexibility index (Phi) is 3.59. The summed E-state index contributed by atoms with van der Waals surface area (Å²) >= 11 is 0. The van der Waals surface area contributed by atoms with Gasteiger partial charge in [-0.1, -0.05) is 18.2 Å². The first-order valence-corrected chi connectivity index (χ1v) is 6.94. The highest BCUT2D eigenvalue weighted by Gasteiger charge is 2.10. The number of halogens is 1. The Bertz CT molecular complexity index is 613. The first-order chi connectivity index (χ1) is 9.76. The molecule has 0 atom stereocenters. The lowest BCUT2D eigenvalue weighted by atomic mass is 10.1. The van der Waals surface area contributed by atoms with E-state index in [0.717, 1.165) is 12.2 Å². The van der Waals surface area contributed by atoms with Crippen LogP contribution in [-0.2, 0) is 19.4 Å². The van der Waals surface area contributed by atoms with E-state index < -0.39 is 0 Å². The Morgan fingerprint density at radius 1 is 1.10 bits per heavy atom. The van der Waals surface area contributed by atoms with Gasteiger partial charge in [-0.2, -0.15) is 0 Å². The van der Waals surface area contributed by atoms with Crippen LogP contribution in [0.3, 0.4) is 0 Å². The van der Waals surface area contributed by atoms with Crippen LogP contribution in [0.2, 0.25) is 0 Å². The van der Waals surface area contributed by atoms with Crippen molar-refractivity contribution in [3.8, 4) is 5.75 Å². The second-order valence-corrected chi connectivity index (χ2v) is 5.16. The first kappa shape index (κ1) is 13.0. The highest BCUT2D eigenvalue weighted by atomic mass is 19.1. The van der Waals surface area contributed by atoms with E-state index in [2.05, 4.69) is 23.5 Å². The quantitative estimate of drug-likeness (QED) is 0.909. The van der Waals surface area contributed by atoms with Gasteiger partial charge in [0, 0.05) is 18.3 Å². The molecule has 0 saturated heterocycles. The maximum Gasteiger partial charge on any atom is 0.165 e. The molecule has 0 heterocycles. The first-order valence-electron chi connectivity index (χ1n) is 6.94. The Hall–Kier alpha value is -2.03. The average molecular weight is 271 g/mol. The fourth-order valence-corrected chi connectivity index (χ4v) is 2.71. The zero-order valence-corrected chi connectivity index (χ0v) is 11.6. The molecule has 2 aromatic carbocycles. The highest BCUT2D eigenvalue weighted by molar-refractivity contribution is 5.49. The molecule has 1 aliphatic carbocycles. The number of anilines is 1. The maximum absolute atomic E-state index is 13.3. The standard InChI is InChI=1S/C17H18FNO/c1-20-17-10-15(7-8-16(17)18)19-11-12-5-6-13-3-2-4-14(13)9-12/h5-10,19H,2-4,11H2,1H3. The van der Waals surface area contributed by atoms with Crippen molar-refractivity contribution in [2.24, 2.45) is 0 Å². The van der Waals surface area contributed by atoms with Gasteiger partial charge >= 0.3 is 0 Å². The highest BCUT2D eigenvalue weighted by Crippen LogP contribution is 2.24. The largest absolute Gasteiger partial charge is 0.494 e. The maximum atomic E-state index is 13.3. The molecular weight excluding hydrogens is 253 g/mol. The normalized spacial score (nSPS) is 13.1. The summed E-state index contributed by atoms with van der Waals surface area (Å²) in [5.74, 6) is -0.0699. The van der Waals surface area contributed by atoms with Crippen molar-refractivity contribution in [3.63, 3.8) is 0 Å². The number of fused-ring (bicyclic) bond motifs is 1. The molecule has 0 bridgehead atoms. The van der Waals surface area contributed by atoms with Gasteiger partial charge in [-0.25, -0.2) is 4.39 Å². The van der Waals surface area contributed by atoms with Crippen LogP contribution >= 0.6 is 0 Å². The number of ether oxygens (including phenoxy) is 1. The predicted molar refractivity (Wildman–Crippen MR) is 78.7 cm³/mol. The number of nitrogens with one attached hydrogen (secondary N) is 1. The molecular formula is C17H18FNO. The molecule has 0 amide bonds. The van der Waals surface area contributed by atoms with Gasteiger partial charge in [-0.3, -0.25) is 0 Å². The molecule has 3 rings (SSSR count). The summed E-state index contributed by atoms with van der Waals surface area (Å²) in [6, 6.07) is 11.5. The van der Waals surface area contributed by atoms with Crippen LogP contribution in [0.25, 0.3) is 0 Å². The molecule has 1 aliphatic rings. The number of rotatable bonds is 4. The van der Waals surface area contributed by atoms with Crippen LogP contribution in [0, 0.1) is 5.82 Å². The van der Waals surface area contributed by atoms with Crippen LogP contribution in [-0.4, -0.2) is 7.11 Å². The van der Waals surface area contributed by atoms with Crippen molar-refractivity contribution in [2.45, 2.75) is 25.8 Å². The monoisotopic (exact) mass is 271 g/mol. The molecule has 0 aliphatic heterocycles. The summed E-state index contributed by atoms with van der Waals surface area (Å²) in [4.78, 5) is 0. The van der Waals surface area contributed by atoms with Crippen molar-refractivity contribution in [1.29, 1.82) is 0 Å². The summed E-state index contributed by atoms with van der Waals surface area (Å²) in [6.45, 7) is 0.738. The van der Waals surface area contributed by atoms with E-state index in [1.807, 2.05) is 0 Å². The van der Waals surface area contributed by atoms with E-state index >= 15 is 0 Å². The topological polar surface area (TPSA) is 21.3 Å². The van der Waals surface area contributed by atoms with Crippen LogP contribution in [0.5, 0.6) is 5.75 Å². The number of methoxy groups -OCH3 is 1. The summed E-state index contributed by atoms with van der Waals surface area (Å²) < 4.78 is 18.3. The Balaban J connectivity index is 1.70. The molecule has 0 saturated carbocycles. The van der Waals surface area contributed by atoms with E-state index in [-0.39, 0.29) is 11.6 Å². The SMILES string of the molecule is COc1cc(NCc2ccc3c(c2)CCC3)ccc1F. The number of benzene rings is 2. The van der Waals surface area contributed by atoms with Gasteiger partial charge in [-0.15, -0.1) is 0 Å². The zero-order valence-electron chi connectivity index (χ0n) is 11.6. The molecule has 0 fully saturated rings. The number of aryl methyl sites for hydroxylation is 2. The lowest BCUT2D eigenvalue weighted by Crippen LogP contribution is -2.01. The molecule has 2 nitrogen and oxygen atoms in total. The average Bonchev–Trinajstić information content (AvgIpc) is 2.94. The third-order valence-electron chi connectivity index (χ3n) is 3.81. The number of hydrogen-bond donors (Lipinski definition) is 1. The minimum absolute atomic E-state index is 0.268. The van der Waals surface area contributed by atoms with Gasteiger partial charge < -0.3 is 10.1 Å². The van der Waals surface area contributed by atoms with Crippen molar-refractivity contribution >= 4 is 5.69 Å². The fourth-order valence-electron chi connectivity index (χ4n) is 2.71. The van der Waals surface area contributed by atoms with Crippen LogP contribution in [0.4, 0.5) is 10.1 Å². The van der Waals surface area contributed by atoms with E-state index in [4.69, 9.17) is 4.74 Å². The lowest BCUT2D eigenvalue weighted by Gasteiger charge is -2.10. The van der Waals surface area contributed by atoms with Gasteiger partial charge in [-0.05, 0) is 48.1 Å². The molecule has 2 aromatic rings. The third-order valence-corrected chi connectivity index (χ3v) is 3.81. The second-order valence-electron chi connectivity index (χ2n) is 5.16. The van der Waals surface area contributed by atoms with E-state index in [1.54, 1.807) is 12.1 Å². The molecule has 104 valence electrons. The Morgan fingerprint density at radius 3 is 2.80 bits per heavy atom. The van der Waals surface area contributed by atoms with Crippen LogP contribution in [0.1, 0.15) is 23.1 Å². The molecule has 0 spiro atoms. The lowest BCUT2D eigenvalue weighted by molar-refractivity contribution is 0.387. The van der Waals surface area contributed by atoms with E-state index in [9.17, 15) is 4.39 Å². The molecule has 0 unspecified atom stereocenters. The van der Waals surface area contributed by atoms with Gasteiger partial charge in [0.1, 0.15) is 0 Å². The molecule has 20 heavy (non-hydrogen) atoms. The van der Waals surface area contributed by atoms with Crippen molar-refractivity contribution in [3.05, 3.63) is 58.9 Å². The van der Waals surface area contributed by atoms with Gasteiger partial charge in [0.2, 0.25) is 0 Å². The van der Waals surface area contributed by atoms with Crippen molar-refractivity contribution in [1.82, 2.24) is 0 Å². The summed E-state index contributed by atoms with van der Waals surface area (Å²) in [5, 5.41) is 3.31. The van der Waals surface area contributed by atoms with Gasteiger partial charge in [0.15, 0.2) is 11.6 Å². The molecule has 3 heteroatoms. The van der Waals surface area contributed by atoms with Gasteiger partial charge in [0.25, 0.3) is 0 Å². The molecule has 1 N–H and O–H groups in total. The summed E-state index contributed by atoms with van der Waals surface area (Å²) in [5.41, 5.74) is 5.08. The predicted octanol–water partition coefficient (Wildman–Crippen LogP) is 3.94. The van der Waals surface area contributed by atoms with Crippen molar-refractivity contribution in [2.75, 3.05) is 12.4 Å². The van der Waals surface area contributed by atoms with E-state index in [1.165, 1.54) is 49.1 Å².